The molecule has 0 saturated heterocycles. The highest BCUT2D eigenvalue weighted by Crippen LogP contribution is 1.32. The van der Waals surface area contributed by atoms with Crippen LogP contribution in [0, 0.1) is 0 Å². The summed E-state index contributed by atoms with van der Waals surface area (Å²) in [7, 11) is 2.76. The van der Waals surface area contributed by atoms with E-state index in [4.69, 9.17) is 0 Å². The molecule has 0 aromatic heterocycles. The van der Waals surface area contributed by atoms with Crippen LogP contribution in [0.2, 0.25) is 0 Å². The quantitative estimate of drug-likeness (QED) is 0.222. The summed E-state index contributed by atoms with van der Waals surface area (Å²) >= 11 is 0. The van der Waals surface area contributed by atoms with Crippen LogP contribution in [-0.4, -0.2) is 16.3 Å². The Balaban J connectivity index is 3.75. The lowest BCUT2D eigenvalue weighted by molar-refractivity contribution is 1.97. The summed E-state index contributed by atoms with van der Waals surface area (Å²) in [5.74, 6) is 2.29. The fourth-order valence-electron chi connectivity index (χ4n) is 0.0395. The standard InChI is InChI=1S/C3H2NSi/c1-2-3-4-5/h1H2. The van der Waals surface area contributed by atoms with Gasteiger partial charge in [-0.3, -0.25) is 4.66 Å². The third-order valence-electron chi connectivity index (χ3n) is 0.135. The van der Waals surface area contributed by atoms with Crippen molar-refractivity contribution in [3.63, 3.8) is 0 Å². The lowest BCUT2D eigenvalue weighted by atomic mass is 11.0. The zero-order valence-electron chi connectivity index (χ0n) is 2.65. The SMILES string of the molecule is C=C=C=N[Si]. The van der Waals surface area contributed by atoms with Crippen molar-refractivity contribution in [1.82, 2.24) is 0 Å². The maximum atomic E-state index is 3.24. The average molecular weight is 80.1 g/mol. The van der Waals surface area contributed by atoms with E-state index >= 15 is 0 Å². The van der Waals surface area contributed by atoms with E-state index in [1.54, 1.807) is 0 Å². The molecule has 0 aromatic carbocycles. The maximum absolute atomic E-state index is 3.24. The van der Waals surface area contributed by atoms with Crippen molar-refractivity contribution in [3.8, 4) is 0 Å². The molecule has 1 nitrogen and oxygen atoms in total. The summed E-state index contributed by atoms with van der Waals surface area (Å²) in [6.45, 7) is 3.19. The highest BCUT2D eigenvalue weighted by molar-refractivity contribution is 6.08. The van der Waals surface area contributed by atoms with E-state index in [9.17, 15) is 0 Å². The van der Waals surface area contributed by atoms with Gasteiger partial charge in [0.2, 0.25) is 10.4 Å². The van der Waals surface area contributed by atoms with Crippen molar-refractivity contribution in [2.75, 3.05) is 0 Å². The smallest absolute Gasteiger partial charge is 0.237 e. The summed E-state index contributed by atoms with van der Waals surface area (Å²) < 4.78 is 3.24. The molecule has 0 aliphatic heterocycles. The zero-order chi connectivity index (χ0) is 4.12. The molecule has 3 radical (unpaired) electrons. The molecule has 0 aromatic rings. The molecule has 0 aliphatic carbocycles. The monoisotopic (exact) mass is 80.0 g/mol. The normalized spacial score (nSPS) is 4.20. The van der Waals surface area contributed by atoms with Crippen molar-refractivity contribution < 1.29 is 0 Å². The van der Waals surface area contributed by atoms with Gasteiger partial charge >= 0.3 is 0 Å². The van der Waals surface area contributed by atoms with E-state index in [-0.39, 0.29) is 0 Å². The molecule has 0 spiro atoms. The molecule has 23 valence electrons. The third kappa shape index (κ3) is 3.45. The Morgan fingerprint density at radius 3 is 2.40 bits per heavy atom. The van der Waals surface area contributed by atoms with Crippen molar-refractivity contribution in [1.29, 1.82) is 0 Å². The van der Waals surface area contributed by atoms with Gasteiger partial charge in [0, 0.05) is 5.87 Å². The van der Waals surface area contributed by atoms with Gasteiger partial charge in [-0.15, -0.1) is 0 Å². The minimum atomic E-state index is 2.29. The fourth-order valence-corrected chi connectivity index (χ4v) is 0.119. The van der Waals surface area contributed by atoms with Gasteiger partial charge in [-0.2, -0.15) is 0 Å². The molecule has 0 aliphatic rings. The fraction of sp³-hybridized carbons (Fsp3) is 0. The average Bonchev–Trinajstić information content (AvgIpc) is 1.41. The van der Waals surface area contributed by atoms with Crippen LogP contribution in [0.15, 0.2) is 17.0 Å². The summed E-state index contributed by atoms with van der Waals surface area (Å²) in [5, 5.41) is 0. The Hall–Kier alpha value is -0.553. The van der Waals surface area contributed by atoms with E-state index in [0.717, 1.165) is 0 Å². The number of hydrogen-bond donors (Lipinski definition) is 0. The van der Waals surface area contributed by atoms with Crippen molar-refractivity contribution in [3.05, 3.63) is 12.3 Å². The van der Waals surface area contributed by atoms with Gasteiger partial charge in [0.15, 0.2) is 0 Å². The van der Waals surface area contributed by atoms with Gasteiger partial charge < -0.3 is 0 Å². The maximum Gasteiger partial charge on any atom is 0.237 e. The van der Waals surface area contributed by atoms with Crippen LogP contribution in [-0.2, 0) is 0 Å². The van der Waals surface area contributed by atoms with Gasteiger partial charge in [0.1, 0.15) is 0 Å². The van der Waals surface area contributed by atoms with Crippen LogP contribution in [0.1, 0.15) is 0 Å². The second kappa shape index (κ2) is 3.45. The molecule has 0 unspecified atom stereocenters. The van der Waals surface area contributed by atoms with Gasteiger partial charge in [0.05, 0.1) is 0 Å². The zero-order valence-corrected chi connectivity index (χ0v) is 3.65. The molecule has 0 heterocycles. The van der Waals surface area contributed by atoms with E-state index in [2.05, 4.69) is 33.2 Å². The molecule has 0 saturated carbocycles. The first-order valence-electron chi connectivity index (χ1n) is 1.05. The molecule has 0 N–H and O–H groups in total. The largest absolute Gasteiger partial charge is 0.280 e. The van der Waals surface area contributed by atoms with Gasteiger partial charge in [0.25, 0.3) is 0 Å². The Morgan fingerprint density at radius 1 is 1.80 bits per heavy atom. The Kier molecular flexibility index (Phi) is 3.07. The van der Waals surface area contributed by atoms with Crippen molar-refractivity contribution in [2.45, 2.75) is 0 Å². The van der Waals surface area contributed by atoms with Crippen LogP contribution < -0.4 is 0 Å². The lowest BCUT2D eigenvalue weighted by Gasteiger charge is -1.42. The summed E-state index contributed by atoms with van der Waals surface area (Å²) in [4.78, 5) is 0. The van der Waals surface area contributed by atoms with E-state index in [1.807, 2.05) is 0 Å². The topological polar surface area (TPSA) is 12.4 Å². The minimum Gasteiger partial charge on any atom is -0.280 e. The van der Waals surface area contributed by atoms with Crippen molar-refractivity contribution in [2.24, 2.45) is 4.66 Å². The van der Waals surface area contributed by atoms with Crippen LogP contribution in [0.25, 0.3) is 0 Å². The first-order valence-corrected chi connectivity index (χ1v) is 1.50. The molecule has 5 heavy (non-hydrogen) atoms. The number of rotatable bonds is 0. The number of hydrogen-bond acceptors (Lipinski definition) is 1. The van der Waals surface area contributed by atoms with Crippen LogP contribution in [0.4, 0.5) is 0 Å². The second-order valence-electron chi connectivity index (χ2n) is 0.400. The lowest BCUT2D eigenvalue weighted by Crippen LogP contribution is -1.43. The molecule has 0 amide bonds. The molecule has 0 atom stereocenters. The molecule has 0 fully saturated rings. The first-order chi connectivity index (χ1) is 2.41. The van der Waals surface area contributed by atoms with Crippen LogP contribution >= 0.6 is 0 Å². The molecule has 0 rings (SSSR count). The molecular formula is C3H2NSi. The third-order valence-corrected chi connectivity index (χ3v) is 0.247. The van der Waals surface area contributed by atoms with Crippen LogP contribution in [0.3, 0.4) is 0 Å². The first kappa shape index (κ1) is 4.45. The summed E-state index contributed by atoms with van der Waals surface area (Å²) in [6, 6.07) is 0. The summed E-state index contributed by atoms with van der Waals surface area (Å²) in [6.07, 6.45) is 0. The Labute approximate surface area is 34.2 Å². The number of nitrogens with zero attached hydrogens (tertiary/aromatic N) is 1. The van der Waals surface area contributed by atoms with Gasteiger partial charge in [-0.05, 0) is 6.58 Å². The van der Waals surface area contributed by atoms with E-state index < -0.39 is 0 Å². The second-order valence-corrected chi connectivity index (χ2v) is 0.624. The van der Waals surface area contributed by atoms with Gasteiger partial charge in [-0.1, -0.05) is 5.73 Å². The summed E-state index contributed by atoms with van der Waals surface area (Å²) in [5.41, 5.74) is 2.30. The Morgan fingerprint density at radius 2 is 2.40 bits per heavy atom. The van der Waals surface area contributed by atoms with Gasteiger partial charge in [-0.25, -0.2) is 0 Å². The predicted molar refractivity (Wildman–Crippen MR) is 22.3 cm³/mol. The van der Waals surface area contributed by atoms with E-state index in [0.29, 0.717) is 0 Å². The van der Waals surface area contributed by atoms with E-state index in [1.165, 1.54) is 0 Å². The highest BCUT2D eigenvalue weighted by Gasteiger charge is 1.30. The highest BCUT2D eigenvalue weighted by atomic mass is 28.2. The molecule has 2 heteroatoms. The predicted octanol–water partition coefficient (Wildman–Crippen LogP) is 0.0807. The Bertz CT molecular complexity index is 85.1. The van der Waals surface area contributed by atoms with Crippen LogP contribution in [0.5, 0.6) is 0 Å². The minimum absolute atomic E-state index is 2.29. The molecular weight excluding hydrogens is 78.1 g/mol. The molecule has 0 bridgehead atoms. The van der Waals surface area contributed by atoms with Crippen molar-refractivity contribution >= 4 is 16.3 Å².